The maximum atomic E-state index is 11.9. The third kappa shape index (κ3) is 8.33. The smallest absolute Gasteiger partial charge is 0.333 e. The number of ether oxygens (including phenoxy) is 1. The highest BCUT2D eigenvalue weighted by Gasteiger charge is 2.32. The summed E-state index contributed by atoms with van der Waals surface area (Å²) in [6, 6.07) is 7.97. The Hall–Kier alpha value is -4.02. The maximum absolute atomic E-state index is 11.9. The number of nitrogens with two attached hydrogens (primary N) is 1. The molecule has 1 aliphatic heterocycles. The van der Waals surface area contributed by atoms with Gasteiger partial charge in [-0.15, -0.1) is 5.06 Å². The first-order valence-electron chi connectivity index (χ1n) is 12.0. The van der Waals surface area contributed by atoms with Gasteiger partial charge in [0.15, 0.2) is 5.96 Å². The second kappa shape index (κ2) is 13.2. The van der Waals surface area contributed by atoms with E-state index in [1.54, 1.807) is 6.20 Å². The third-order valence-electron chi connectivity index (χ3n) is 5.60. The van der Waals surface area contributed by atoms with E-state index in [1.807, 2.05) is 24.3 Å². The van der Waals surface area contributed by atoms with E-state index in [0.717, 1.165) is 22.0 Å². The summed E-state index contributed by atoms with van der Waals surface area (Å²) in [5.41, 5.74) is 8.07. The van der Waals surface area contributed by atoms with Crippen LogP contribution in [0.2, 0.25) is 0 Å². The van der Waals surface area contributed by atoms with Crippen molar-refractivity contribution in [1.29, 1.82) is 5.41 Å². The van der Waals surface area contributed by atoms with Gasteiger partial charge in [0.1, 0.15) is 0 Å². The summed E-state index contributed by atoms with van der Waals surface area (Å²) < 4.78 is 5.17. The first kappa shape index (κ1) is 26.6. The lowest BCUT2D eigenvalue weighted by atomic mass is 10.0. The number of aromatic nitrogens is 1. The molecule has 0 saturated carbocycles. The van der Waals surface area contributed by atoms with Crippen LogP contribution in [-0.4, -0.2) is 52.9 Å². The SMILES string of the molecule is N=C(N)NCCCOC(=O)CCCc1cnc2cc(CCCC(=O)ON3C(=O)CCC3=O)ccc2c1. The minimum absolute atomic E-state index is 0.0760. The van der Waals surface area contributed by atoms with Crippen LogP contribution in [0, 0.1) is 5.41 Å². The number of rotatable bonds is 13. The minimum Gasteiger partial charge on any atom is -0.466 e. The van der Waals surface area contributed by atoms with E-state index >= 15 is 0 Å². The van der Waals surface area contributed by atoms with Crippen LogP contribution >= 0.6 is 0 Å². The zero-order chi connectivity index (χ0) is 25.9. The van der Waals surface area contributed by atoms with Gasteiger partial charge < -0.3 is 20.6 Å². The molecule has 0 aliphatic carbocycles. The lowest BCUT2D eigenvalue weighted by Gasteiger charge is -2.12. The Balaban J connectivity index is 1.38. The molecule has 1 aromatic carbocycles. The summed E-state index contributed by atoms with van der Waals surface area (Å²) in [5, 5.41) is 11.3. The van der Waals surface area contributed by atoms with Gasteiger partial charge in [0.2, 0.25) is 0 Å². The van der Waals surface area contributed by atoms with Crippen molar-refractivity contribution in [1.82, 2.24) is 15.4 Å². The first-order valence-corrected chi connectivity index (χ1v) is 12.0. The molecule has 2 aromatic rings. The number of carbonyl (C=O) groups is 4. The summed E-state index contributed by atoms with van der Waals surface area (Å²) in [7, 11) is 0. The Labute approximate surface area is 208 Å². The van der Waals surface area contributed by atoms with Crippen molar-refractivity contribution in [2.24, 2.45) is 5.73 Å². The molecule has 0 atom stereocenters. The van der Waals surface area contributed by atoms with Gasteiger partial charge in [-0.3, -0.25) is 24.8 Å². The van der Waals surface area contributed by atoms with Crippen LogP contribution in [0.3, 0.4) is 0 Å². The number of imide groups is 1. The van der Waals surface area contributed by atoms with Crippen molar-refractivity contribution >= 4 is 40.6 Å². The molecule has 3 rings (SSSR count). The molecule has 36 heavy (non-hydrogen) atoms. The number of nitrogens with zero attached hydrogens (tertiary/aromatic N) is 2. The number of hydrogen-bond acceptors (Lipinski definition) is 8. The van der Waals surface area contributed by atoms with E-state index in [2.05, 4.69) is 10.3 Å². The van der Waals surface area contributed by atoms with Crippen molar-refractivity contribution in [3.8, 4) is 0 Å². The van der Waals surface area contributed by atoms with Gasteiger partial charge in [0, 0.05) is 43.8 Å². The zero-order valence-electron chi connectivity index (χ0n) is 20.1. The zero-order valence-corrected chi connectivity index (χ0v) is 20.1. The Morgan fingerprint density at radius 3 is 2.42 bits per heavy atom. The minimum atomic E-state index is -0.601. The number of hydroxylamine groups is 2. The van der Waals surface area contributed by atoms with Crippen LogP contribution in [0.15, 0.2) is 30.5 Å². The third-order valence-corrected chi connectivity index (χ3v) is 5.60. The van der Waals surface area contributed by atoms with E-state index in [-0.39, 0.29) is 37.8 Å². The molecule has 0 bridgehead atoms. The number of carbonyl (C=O) groups excluding carboxylic acids is 4. The summed E-state index contributed by atoms with van der Waals surface area (Å²) in [5.74, 6) is -1.92. The van der Waals surface area contributed by atoms with Gasteiger partial charge in [-0.25, -0.2) is 4.79 Å². The van der Waals surface area contributed by atoms with Crippen LogP contribution in [0.1, 0.15) is 56.1 Å². The van der Waals surface area contributed by atoms with E-state index < -0.39 is 17.8 Å². The highest BCUT2D eigenvalue weighted by atomic mass is 16.7. The number of aryl methyl sites for hydroxylation is 2. The van der Waals surface area contributed by atoms with E-state index in [1.165, 1.54) is 0 Å². The summed E-state index contributed by atoms with van der Waals surface area (Å²) in [6.45, 7) is 0.778. The average Bonchev–Trinajstić information content (AvgIpc) is 3.15. The quantitative estimate of drug-likeness (QED) is 0.123. The number of guanidine groups is 1. The van der Waals surface area contributed by atoms with Gasteiger partial charge in [0.05, 0.1) is 12.1 Å². The van der Waals surface area contributed by atoms with Crippen molar-refractivity contribution in [3.63, 3.8) is 0 Å². The number of esters is 1. The fourth-order valence-corrected chi connectivity index (χ4v) is 3.74. The lowest BCUT2D eigenvalue weighted by molar-refractivity contribution is -0.197. The second-order valence-electron chi connectivity index (χ2n) is 8.54. The standard InChI is InChI=1S/C25H31N5O6/c26-25(27)28-12-3-13-35-23(33)6-2-5-18-14-19-9-8-17(15-20(19)29-16-18)4-1-7-24(34)36-30-21(31)10-11-22(30)32/h8-9,14-16H,1-7,10-13H2,(H4,26,27,28). The van der Waals surface area contributed by atoms with Gasteiger partial charge in [-0.05, 0) is 55.4 Å². The number of fused-ring (bicyclic) bond motifs is 1. The highest BCUT2D eigenvalue weighted by Crippen LogP contribution is 2.19. The Bertz CT molecular complexity index is 1120. The van der Waals surface area contributed by atoms with Crippen LogP contribution in [0.25, 0.3) is 10.9 Å². The van der Waals surface area contributed by atoms with Crippen LogP contribution < -0.4 is 11.1 Å². The fourth-order valence-electron chi connectivity index (χ4n) is 3.74. The number of nitrogens with one attached hydrogen (secondary N) is 2. The molecule has 192 valence electrons. The van der Waals surface area contributed by atoms with Crippen LogP contribution in [0.5, 0.6) is 0 Å². The van der Waals surface area contributed by atoms with Crippen molar-refractivity contribution < 1.29 is 28.8 Å². The Morgan fingerprint density at radius 2 is 1.69 bits per heavy atom. The molecule has 1 aromatic heterocycles. The second-order valence-corrected chi connectivity index (χ2v) is 8.54. The largest absolute Gasteiger partial charge is 0.466 e. The number of hydrogen-bond donors (Lipinski definition) is 3. The van der Waals surface area contributed by atoms with Crippen molar-refractivity contribution in [3.05, 3.63) is 41.6 Å². The summed E-state index contributed by atoms with van der Waals surface area (Å²) in [6.07, 6.45) is 5.46. The highest BCUT2D eigenvalue weighted by molar-refractivity contribution is 6.01. The Morgan fingerprint density at radius 1 is 1.00 bits per heavy atom. The summed E-state index contributed by atoms with van der Waals surface area (Å²) >= 11 is 0. The molecule has 4 N–H and O–H groups in total. The van der Waals surface area contributed by atoms with Crippen molar-refractivity contribution in [2.45, 2.75) is 57.8 Å². The van der Waals surface area contributed by atoms with E-state index in [9.17, 15) is 19.2 Å². The average molecular weight is 498 g/mol. The Kier molecular flexibility index (Phi) is 9.73. The molecular weight excluding hydrogens is 466 g/mol. The summed E-state index contributed by atoms with van der Waals surface area (Å²) in [4.78, 5) is 56.2. The molecule has 1 saturated heterocycles. The van der Waals surface area contributed by atoms with Gasteiger partial charge in [-0.2, -0.15) is 0 Å². The first-order chi connectivity index (χ1) is 17.3. The number of benzene rings is 1. The van der Waals surface area contributed by atoms with Gasteiger partial charge in [-0.1, -0.05) is 12.1 Å². The molecule has 1 fully saturated rings. The van der Waals surface area contributed by atoms with Gasteiger partial charge >= 0.3 is 11.9 Å². The normalized spacial score (nSPS) is 13.2. The molecule has 11 nitrogen and oxygen atoms in total. The molecule has 2 amide bonds. The van der Waals surface area contributed by atoms with Gasteiger partial charge in [0.25, 0.3) is 11.8 Å². The monoisotopic (exact) mass is 497 g/mol. The predicted octanol–water partition coefficient (Wildman–Crippen LogP) is 1.90. The predicted molar refractivity (Wildman–Crippen MR) is 130 cm³/mol. The maximum Gasteiger partial charge on any atom is 0.333 e. The molecule has 0 unspecified atom stereocenters. The van der Waals surface area contributed by atoms with Crippen molar-refractivity contribution in [2.75, 3.05) is 13.2 Å². The molecule has 0 spiro atoms. The topological polar surface area (TPSA) is 165 Å². The lowest BCUT2D eigenvalue weighted by Crippen LogP contribution is -2.31. The molecule has 2 heterocycles. The van der Waals surface area contributed by atoms with E-state index in [0.29, 0.717) is 50.1 Å². The number of amides is 2. The van der Waals surface area contributed by atoms with E-state index in [4.69, 9.17) is 20.7 Å². The molecule has 0 radical (unpaired) electrons. The molecule has 1 aliphatic rings. The molecular formula is C25H31N5O6. The molecule has 11 heteroatoms. The fraction of sp³-hybridized carbons (Fsp3) is 0.440. The van der Waals surface area contributed by atoms with Crippen LogP contribution in [-0.2, 0) is 41.6 Å². The number of pyridine rings is 1. The van der Waals surface area contributed by atoms with Crippen LogP contribution in [0.4, 0.5) is 0 Å².